The summed E-state index contributed by atoms with van der Waals surface area (Å²) in [6, 6.07) is 25.3. The molecule has 1 N–H and O–H groups in total. The number of ether oxygens (including phenoxy) is 2. The number of nitrogens with zero attached hydrogens (tertiary/aromatic N) is 1. The molecule has 4 aromatic carbocycles. The van der Waals surface area contributed by atoms with Crippen molar-refractivity contribution in [3.05, 3.63) is 106 Å². The fourth-order valence-corrected chi connectivity index (χ4v) is 5.54. The van der Waals surface area contributed by atoms with Gasteiger partial charge in [-0.25, -0.2) is 0 Å². The van der Waals surface area contributed by atoms with Crippen molar-refractivity contribution >= 4 is 51.4 Å². The molecule has 7 nitrogen and oxygen atoms in total. The van der Waals surface area contributed by atoms with E-state index in [-0.39, 0.29) is 11.4 Å². The molecule has 5 rings (SSSR count). The lowest BCUT2D eigenvalue weighted by Gasteiger charge is -2.15. The first-order valence-corrected chi connectivity index (χ1v) is 14.1. The molecule has 1 aliphatic heterocycles. The third-order valence-corrected chi connectivity index (χ3v) is 7.66. The number of aryl methyl sites for hydroxylation is 2. The van der Waals surface area contributed by atoms with Crippen molar-refractivity contribution in [2.75, 3.05) is 18.5 Å². The smallest absolute Gasteiger partial charge is 0.294 e. The summed E-state index contributed by atoms with van der Waals surface area (Å²) in [5.74, 6) is 0.171. The second-order valence-electron chi connectivity index (χ2n) is 9.65. The van der Waals surface area contributed by atoms with Crippen molar-refractivity contribution in [3.63, 3.8) is 0 Å². The Kier molecular flexibility index (Phi) is 8.40. The van der Waals surface area contributed by atoms with Crippen LogP contribution in [0, 0.1) is 13.8 Å². The molecule has 1 heterocycles. The summed E-state index contributed by atoms with van der Waals surface area (Å²) < 4.78 is 12.0. The molecule has 0 saturated carbocycles. The topological polar surface area (TPSA) is 84.9 Å². The van der Waals surface area contributed by atoms with Crippen LogP contribution in [-0.2, 0) is 16.2 Å². The molecule has 208 valence electrons. The van der Waals surface area contributed by atoms with Crippen LogP contribution < -0.4 is 14.8 Å². The molecule has 1 aliphatic rings. The highest BCUT2D eigenvalue weighted by Gasteiger charge is 2.36. The van der Waals surface area contributed by atoms with E-state index < -0.39 is 17.1 Å². The minimum Gasteiger partial charge on any atom is -0.490 e. The van der Waals surface area contributed by atoms with Gasteiger partial charge in [0.2, 0.25) is 5.91 Å². The molecule has 1 fully saturated rings. The standard InChI is InChI=1S/C33H30N2O5S/c1-4-39-28-17-23(15-16-27(28)40-20-25-13-8-12-24-11-5-6-14-26(24)25)18-29-32(37)35(33(38)41-29)19-30(36)34-31-21(2)9-7-10-22(31)3/h5-18H,4,19-20H2,1-3H3,(H,34,36)/b29-18+. The van der Waals surface area contributed by atoms with Gasteiger partial charge in [0.05, 0.1) is 11.5 Å². The predicted molar refractivity (Wildman–Crippen MR) is 163 cm³/mol. The molecule has 0 unspecified atom stereocenters. The van der Waals surface area contributed by atoms with E-state index >= 15 is 0 Å². The molecule has 0 spiro atoms. The Hall–Kier alpha value is -4.56. The Balaban J connectivity index is 1.29. The Bertz CT molecular complexity index is 1650. The summed E-state index contributed by atoms with van der Waals surface area (Å²) in [5.41, 5.74) is 4.23. The molecule has 1 saturated heterocycles. The average molecular weight is 567 g/mol. The molecule has 0 bridgehead atoms. The summed E-state index contributed by atoms with van der Waals surface area (Å²) in [4.78, 5) is 39.6. The molecule has 41 heavy (non-hydrogen) atoms. The quantitative estimate of drug-likeness (QED) is 0.217. The van der Waals surface area contributed by atoms with E-state index in [0.717, 1.165) is 44.1 Å². The van der Waals surface area contributed by atoms with Crippen LogP contribution in [0.5, 0.6) is 11.5 Å². The van der Waals surface area contributed by atoms with Gasteiger partial charge < -0.3 is 14.8 Å². The number of nitrogens with one attached hydrogen (secondary N) is 1. The summed E-state index contributed by atoms with van der Waals surface area (Å²) in [6.45, 7) is 6.10. The SMILES string of the molecule is CCOc1cc(/C=C2/SC(=O)N(CC(=O)Nc3c(C)cccc3C)C2=O)ccc1OCc1cccc2ccccc12. The van der Waals surface area contributed by atoms with Crippen molar-refractivity contribution in [3.8, 4) is 11.5 Å². The minimum atomic E-state index is -0.508. The number of rotatable bonds is 9. The first kappa shape index (κ1) is 28.0. The summed E-state index contributed by atoms with van der Waals surface area (Å²) in [7, 11) is 0. The number of thioether (sulfide) groups is 1. The first-order valence-electron chi connectivity index (χ1n) is 13.3. The Labute approximate surface area is 243 Å². The van der Waals surface area contributed by atoms with E-state index in [1.54, 1.807) is 18.2 Å². The lowest BCUT2D eigenvalue weighted by molar-refractivity contribution is -0.127. The third-order valence-electron chi connectivity index (χ3n) is 6.75. The number of carbonyl (C=O) groups is 3. The number of hydrogen-bond donors (Lipinski definition) is 1. The van der Waals surface area contributed by atoms with Gasteiger partial charge in [-0.15, -0.1) is 0 Å². The lowest BCUT2D eigenvalue weighted by Crippen LogP contribution is -2.36. The number of anilines is 1. The molecule has 0 aliphatic carbocycles. The normalized spacial score (nSPS) is 14.1. The average Bonchev–Trinajstić information content (AvgIpc) is 3.22. The molecule has 0 aromatic heterocycles. The maximum absolute atomic E-state index is 13.1. The van der Waals surface area contributed by atoms with Crippen LogP contribution in [0.2, 0.25) is 0 Å². The molecular weight excluding hydrogens is 536 g/mol. The maximum atomic E-state index is 13.1. The highest BCUT2D eigenvalue weighted by Crippen LogP contribution is 2.35. The van der Waals surface area contributed by atoms with E-state index in [4.69, 9.17) is 9.47 Å². The maximum Gasteiger partial charge on any atom is 0.294 e. The highest BCUT2D eigenvalue weighted by atomic mass is 32.2. The molecule has 4 aromatic rings. The Morgan fingerprint density at radius 1 is 0.902 bits per heavy atom. The van der Waals surface area contributed by atoms with E-state index in [9.17, 15) is 14.4 Å². The Morgan fingerprint density at radius 3 is 2.41 bits per heavy atom. The molecule has 3 amide bonds. The van der Waals surface area contributed by atoms with Crippen molar-refractivity contribution in [1.29, 1.82) is 0 Å². The monoisotopic (exact) mass is 566 g/mol. The van der Waals surface area contributed by atoms with E-state index in [0.29, 0.717) is 36.0 Å². The van der Waals surface area contributed by atoms with Crippen LogP contribution in [0.1, 0.15) is 29.2 Å². The molecule has 8 heteroatoms. The van der Waals surface area contributed by atoms with Gasteiger partial charge in [-0.05, 0) is 83.8 Å². The molecule has 0 radical (unpaired) electrons. The highest BCUT2D eigenvalue weighted by molar-refractivity contribution is 8.18. The fourth-order valence-electron chi connectivity index (χ4n) is 4.70. The second-order valence-corrected chi connectivity index (χ2v) is 10.6. The van der Waals surface area contributed by atoms with E-state index in [2.05, 4.69) is 23.5 Å². The van der Waals surface area contributed by atoms with Crippen LogP contribution in [-0.4, -0.2) is 35.1 Å². The van der Waals surface area contributed by atoms with Crippen molar-refractivity contribution in [2.24, 2.45) is 0 Å². The number of carbonyl (C=O) groups excluding carboxylic acids is 3. The summed E-state index contributed by atoms with van der Waals surface area (Å²) in [6.07, 6.45) is 1.63. The van der Waals surface area contributed by atoms with E-state index in [1.807, 2.05) is 69.3 Å². The zero-order valence-electron chi connectivity index (χ0n) is 23.1. The summed E-state index contributed by atoms with van der Waals surface area (Å²) in [5, 5.41) is 4.61. The van der Waals surface area contributed by atoms with Gasteiger partial charge >= 0.3 is 0 Å². The Morgan fingerprint density at radius 2 is 1.63 bits per heavy atom. The van der Waals surface area contributed by atoms with Crippen LogP contribution in [0.4, 0.5) is 10.5 Å². The number of benzene rings is 4. The number of hydrogen-bond acceptors (Lipinski definition) is 6. The third kappa shape index (κ3) is 6.28. The van der Waals surface area contributed by atoms with Gasteiger partial charge in [0, 0.05) is 5.69 Å². The zero-order chi connectivity index (χ0) is 28.9. The number of amides is 3. The van der Waals surface area contributed by atoms with Gasteiger partial charge in [-0.3, -0.25) is 19.3 Å². The number of imide groups is 1. The van der Waals surface area contributed by atoms with Crippen LogP contribution in [0.25, 0.3) is 16.8 Å². The van der Waals surface area contributed by atoms with Crippen LogP contribution >= 0.6 is 11.8 Å². The minimum absolute atomic E-state index is 0.238. The fraction of sp³-hybridized carbons (Fsp3) is 0.182. The van der Waals surface area contributed by atoms with Crippen LogP contribution in [0.3, 0.4) is 0 Å². The predicted octanol–water partition coefficient (Wildman–Crippen LogP) is 7.11. The lowest BCUT2D eigenvalue weighted by atomic mass is 10.1. The van der Waals surface area contributed by atoms with Crippen molar-refractivity contribution in [1.82, 2.24) is 4.90 Å². The second kappa shape index (κ2) is 12.3. The summed E-state index contributed by atoms with van der Waals surface area (Å²) >= 11 is 0.810. The number of fused-ring (bicyclic) bond motifs is 1. The van der Waals surface area contributed by atoms with Crippen molar-refractivity contribution < 1.29 is 23.9 Å². The zero-order valence-corrected chi connectivity index (χ0v) is 23.9. The van der Waals surface area contributed by atoms with Gasteiger partial charge in [0.1, 0.15) is 13.2 Å². The van der Waals surface area contributed by atoms with Crippen LogP contribution in [0.15, 0.2) is 83.8 Å². The molecular formula is C33H30N2O5S. The first-order chi connectivity index (χ1) is 19.8. The van der Waals surface area contributed by atoms with Gasteiger partial charge in [-0.2, -0.15) is 0 Å². The van der Waals surface area contributed by atoms with Gasteiger partial charge in [0.15, 0.2) is 11.5 Å². The van der Waals surface area contributed by atoms with Crippen molar-refractivity contribution in [2.45, 2.75) is 27.4 Å². The van der Waals surface area contributed by atoms with E-state index in [1.165, 1.54) is 0 Å². The largest absolute Gasteiger partial charge is 0.490 e. The van der Waals surface area contributed by atoms with Gasteiger partial charge in [0.25, 0.3) is 11.1 Å². The molecule has 0 atom stereocenters. The number of para-hydroxylation sites is 1. The van der Waals surface area contributed by atoms with Gasteiger partial charge in [-0.1, -0.05) is 66.7 Å².